The van der Waals surface area contributed by atoms with E-state index in [1.807, 2.05) is 6.92 Å². The fourth-order valence-corrected chi connectivity index (χ4v) is 2.22. The molecule has 0 aromatic carbocycles. The van der Waals surface area contributed by atoms with Crippen molar-refractivity contribution in [1.82, 2.24) is 0 Å². The number of rotatable bonds is 9. The van der Waals surface area contributed by atoms with Crippen LogP contribution in [0, 0.1) is 0 Å². The minimum absolute atomic E-state index is 0.000476. The van der Waals surface area contributed by atoms with Gasteiger partial charge in [0.1, 0.15) is 0 Å². The molecule has 0 radical (unpaired) electrons. The third-order valence-corrected chi connectivity index (χ3v) is 3.45. The van der Waals surface area contributed by atoms with E-state index in [2.05, 4.69) is 13.8 Å². The fraction of sp³-hybridized carbons (Fsp3) is 1.00. The fourth-order valence-electron chi connectivity index (χ4n) is 1.80. The van der Waals surface area contributed by atoms with Crippen LogP contribution in [0.1, 0.15) is 72.1 Å². The first-order chi connectivity index (χ1) is 6.98. The highest BCUT2D eigenvalue weighted by Crippen LogP contribution is 2.29. The molecule has 0 aliphatic rings. The Labute approximate surface area is 106 Å². The van der Waals surface area contributed by atoms with Gasteiger partial charge in [0.2, 0.25) is 0 Å². The summed E-state index contributed by atoms with van der Waals surface area (Å²) in [6, 6.07) is 0. The van der Waals surface area contributed by atoms with E-state index in [1.165, 1.54) is 25.7 Å². The number of hydrogen-bond donors (Lipinski definition) is 0. The number of hydrogen-bond acceptors (Lipinski definition) is 0. The standard InChI is InChI=1S/C13H26Cl2/c1-4-5-6-7-10-13(3,15)11-8-9-12(2)14/h12H,4-11H2,1-3H3. The molecule has 0 aromatic rings. The molecule has 2 atom stereocenters. The van der Waals surface area contributed by atoms with E-state index in [-0.39, 0.29) is 10.3 Å². The second-order valence-electron chi connectivity index (χ2n) is 4.90. The van der Waals surface area contributed by atoms with Gasteiger partial charge in [-0.15, -0.1) is 23.2 Å². The molecule has 0 nitrogen and oxygen atoms in total. The van der Waals surface area contributed by atoms with Gasteiger partial charge in [-0.3, -0.25) is 0 Å². The van der Waals surface area contributed by atoms with Crippen LogP contribution in [0.5, 0.6) is 0 Å². The Morgan fingerprint density at radius 2 is 1.67 bits per heavy atom. The second kappa shape index (κ2) is 8.70. The lowest BCUT2D eigenvalue weighted by Crippen LogP contribution is -2.16. The van der Waals surface area contributed by atoms with Gasteiger partial charge in [0, 0.05) is 10.3 Å². The Morgan fingerprint density at radius 3 is 2.20 bits per heavy atom. The number of alkyl halides is 2. The highest BCUT2D eigenvalue weighted by molar-refractivity contribution is 6.23. The number of halogens is 2. The highest BCUT2D eigenvalue weighted by Gasteiger charge is 2.19. The minimum atomic E-state index is -0.000476. The summed E-state index contributed by atoms with van der Waals surface area (Å²) in [7, 11) is 0. The quantitative estimate of drug-likeness (QED) is 0.362. The van der Waals surface area contributed by atoms with E-state index < -0.39 is 0 Å². The van der Waals surface area contributed by atoms with Crippen LogP contribution in [0.2, 0.25) is 0 Å². The molecule has 0 rings (SSSR count). The molecule has 0 N–H and O–H groups in total. The molecule has 15 heavy (non-hydrogen) atoms. The van der Waals surface area contributed by atoms with Gasteiger partial charge in [0.25, 0.3) is 0 Å². The summed E-state index contributed by atoms with van der Waals surface area (Å²) in [6.45, 7) is 6.45. The summed E-state index contributed by atoms with van der Waals surface area (Å²) in [5.74, 6) is 0. The molecule has 0 aliphatic heterocycles. The van der Waals surface area contributed by atoms with Crippen LogP contribution in [0.25, 0.3) is 0 Å². The van der Waals surface area contributed by atoms with Crippen LogP contribution < -0.4 is 0 Å². The SMILES string of the molecule is CCCCCCC(C)(Cl)CCCC(C)Cl. The predicted molar refractivity (Wildman–Crippen MR) is 72.2 cm³/mol. The van der Waals surface area contributed by atoms with E-state index >= 15 is 0 Å². The minimum Gasteiger partial charge on any atom is -0.123 e. The van der Waals surface area contributed by atoms with Crippen molar-refractivity contribution in [2.24, 2.45) is 0 Å². The van der Waals surface area contributed by atoms with E-state index in [4.69, 9.17) is 23.2 Å². The van der Waals surface area contributed by atoms with Crippen molar-refractivity contribution in [2.45, 2.75) is 82.4 Å². The van der Waals surface area contributed by atoms with Gasteiger partial charge >= 0.3 is 0 Å². The average molecular weight is 253 g/mol. The maximum absolute atomic E-state index is 6.46. The normalized spacial score (nSPS) is 17.4. The van der Waals surface area contributed by atoms with Crippen LogP contribution in [0.3, 0.4) is 0 Å². The first-order valence-electron chi connectivity index (χ1n) is 6.31. The Hall–Kier alpha value is 0.580. The van der Waals surface area contributed by atoms with Gasteiger partial charge < -0.3 is 0 Å². The lowest BCUT2D eigenvalue weighted by molar-refractivity contribution is 0.470. The smallest absolute Gasteiger partial charge is 0.0418 e. The molecule has 0 heterocycles. The summed E-state index contributed by atoms with van der Waals surface area (Å²) >= 11 is 12.4. The first kappa shape index (κ1) is 15.6. The molecule has 2 unspecified atom stereocenters. The lowest BCUT2D eigenvalue weighted by Gasteiger charge is -2.22. The molecule has 0 saturated heterocycles. The van der Waals surface area contributed by atoms with Crippen molar-refractivity contribution in [1.29, 1.82) is 0 Å². The Morgan fingerprint density at radius 1 is 1.07 bits per heavy atom. The molecular formula is C13H26Cl2. The Kier molecular flexibility index (Phi) is 9.04. The van der Waals surface area contributed by atoms with Crippen LogP contribution >= 0.6 is 23.2 Å². The molecule has 0 fully saturated rings. The molecule has 0 saturated carbocycles. The highest BCUT2D eigenvalue weighted by atomic mass is 35.5. The summed E-state index contributed by atoms with van der Waals surface area (Å²) in [5.41, 5.74) is 0. The van der Waals surface area contributed by atoms with Crippen LogP contribution in [-0.4, -0.2) is 10.3 Å². The van der Waals surface area contributed by atoms with Crippen LogP contribution in [0.15, 0.2) is 0 Å². The van der Waals surface area contributed by atoms with Gasteiger partial charge in [0.15, 0.2) is 0 Å². The molecule has 2 heteroatoms. The summed E-state index contributed by atoms with van der Waals surface area (Å²) < 4.78 is 0. The lowest BCUT2D eigenvalue weighted by atomic mass is 9.96. The largest absolute Gasteiger partial charge is 0.123 e. The van der Waals surface area contributed by atoms with Crippen molar-refractivity contribution < 1.29 is 0 Å². The van der Waals surface area contributed by atoms with Gasteiger partial charge in [-0.25, -0.2) is 0 Å². The Bertz CT molecular complexity index is 141. The molecular weight excluding hydrogens is 227 g/mol. The van der Waals surface area contributed by atoms with Gasteiger partial charge in [-0.2, -0.15) is 0 Å². The third-order valence-electron chi connectivity index (χ3n) is 2.85. The van der Waals surface area contributed by atoms with Gasteiger partial charge in [-0.05, 0) is 33.1 Å². The third kappa shape index (κ3) is 10.9. The van der Waals surface area contributed by atoms with E-state index in [0.717, 1.165) is 25.7 Å². The molecule has 0 aromatic heterocycles. The summed E-state index contributed by atoms with van der Waals surface area (Å²) in [6.07, 6.45) is 9.70. The van der Waals surface area contributed by atoms with Crippen molar-refractivity contribution in [3.8, 4) is 0 Å². The van der Waals surface area contributed by atoms with E-state index in [0.29, 0.717) is 0 Å². The molecule has 0 amide bonds. The van der Waals surface area contributed by atoms with Gasteiger partial charge in [-0.1, -0.05) is 39.0 Å². The van der Waals surface area contributed by atoms with Crippen LogP contribution in [-0.2, 0) is 0 Å². The number of unbranched alkanes of at least 4 members (excludes halogenated alkanes) is 3. The van der Waals surface area contributed by atoms with E-state index in [1.54, 1.807) is 0 Å². The molecule has 0 spiro atoms. The van der Waals surface area contributed by atoms with Crippen molar-refractivity contribution in [3.63, 3.8) is 0 Å². The molecule has 0 bridgehead atoms. The first-order valence-corrected chi connectivity index (χ1v) is 7.12. The van der Waals surface area contributed by atoms with E-state index in [9.17, 15) is 0 Å². The molecule has 0 aliphatic carbocycles. The van der Waals surface area contributed by atoms with Crippen molar-refractivity contribution in [3.05, 3.63) is 0 Å². The zero-order valence-electron chi connectivity index (χ0n) is 10.5. The van der Waals surface area contributed by atoms with Crippen molar-refractivity contribution in [2.75, 3.05) is 0 Å². The molecule has 92 valence electrons. The van der Waals surface area contributed by atoms with Crippen LogP contribution in [0.4, 0.5) is 0 Å². The maximum Gasteiger partial charge on any atom is 0.0418 e. The monoisotopic (exact) mass is 252 g/mol. The predicted octanol–water partition coefficient (Wildman–Crippen LogP) is 5.75. The second-order valence-corrected chi connectivity index (χ2v) is 6.55. The summed E-state index contributed by atoms with van der Waals surface area (Å²) in [4.78, 5) is -0.000476. The average Bonchev–Trinajstić information content (AvgIpc) is 2.11. The summed E-state index contributed by atoms with van der Waals surface area (Å²) in [5, 5.41) is 0.289. The zero-order chi connectivity index (χ0) is 11.7. The Balaban J connectivity index is 3.48. The maximum atomic E-state index is 6.46. The zero-order valence-corrected chi connectivity index (χ0v) is 12.0. The van der Waals surface area contributed by atoms with Crippen molar-refractivity contribution >= 4 is 23.2 Å². The van der Waals surface area contributed by atoms with Gasteiger partial charge in [0.05, 0.1) is 0 Å². The topological polar surface area (TPSA) is 0 Å².